The zero-order chi connectivity index (χ0) is 16.8. The molecule has 1 heterocycles. The summed E-state index contributed by atoms with van der Waals surface area (Å²) < 4.78 is 5.94. The van der Waals surface area contributed by atoms with Crippen LogP contribution in [0.15, 0.2) is 40.8 Å². The van der Waals surface area contributed by atoms with Crippen LogP contribution in [0.3, 0.4) is 0 Å². The molecule has 0 aliphatic heterocycles. The number of aryl methyl sites for hydroxylation is 1. The lowest BCUT2D eigenvalue weighted by atomic mass is 10.1. The van der Waals surface area contributed by atoms with Crippen molar-refractivity contribution in [1.82, 2.24) is 4.90 Å². The topological polar surface area (TPSA) is 53.7 Å². The molecule has 0 fully saturated rings. The molecule has 23 heavy (non-hydrogen) atoms. The molecule has 0 saturated carbocycles. The van der Waals surface area contributed by atoms with Crippen LogP contribution < -0.4 is 0 Å². The first-order chi connectivity index (χ1) is 10.8. The van der Waals surface area contributed by atoms with E-state index in [1.165, 1.54) is 4.90 Å². The van der Waals surface area contributed by atoms with Crippen molar-refractivity contribution in [1.29, 1.82) is 0 Å². The summed E-state index contributed by atoms with van der Waals surface area (Å²) in [5.74, 6) is 0.119. The molecular weight excluding hydrogens is 290 g/mol. The van der Waals surface area contributed by atoms with Crippen molar-refractivity contribution in [3.8, 4) is 0 Å². The second-order valence-corrected chi connectivity index (χ2v) is 6.69. The van der Waals surface area contributed by atoms with Crippen LogP contribution in [-0.4, -0.2) is 35.1 Å². The first-order valence-electron chi connectivity index (χ1n) is 7.66. The predicted molar refractivity (Wildman–Crippen MR) is 91.7 cm³/mol. The lowest BCUT2D eigenvalue weighted by Gasteiger charge is -2.25. The van der Waals surface area contributed by atoms with Crippen LogP contribution in [0.5, 0.6) is 0 Å². The number of nitrogens with zero attached hydrogens (tertiary/aromatic N) is 1. The highest BCUT2D eigenvalue weighted by Crippen LogP contribution is 2.32. The van der Waals surface area contributed by atoms with Gasteiger partial charge in [0.25, 0.3) is 5.91 Å². The Kier molecular flexibility index (Phi) is 3.65. The highest BCUT2D eigenvalue weighted by atomic mass is 16.3. The molecule has 0 aliphatic carbocycles. The van der Waals surface area contributed by atoms with Gasteiger partial charge in [-0.3, -0.25) is 4.79 Å². The minimum Gasteiger partial charge on any atom is -0.450 e. The van der Waals surface area contributed by atoms with Crippen LogP contribution in [0.4, 0.5) is 0 Å². The van der Waals surface area contributed by atoms with Crippen molar-refractivity contribution < 1.29 is 14.3 Å². The van der Waals surface area contributed by atoms with Crippen molar-refractivity contribution in [2.75, 3.05) is 13.6 Å². The van der Waals surface area contributed by atoms with Crippen LogP contribution in [0.25, 0.3) is 21.7 Å². The Morgan fingerprint density at radius 3 is 2.57 bits per heavy atom. The molecule has 0 spiro atoms. The van der Waals surface area contributed by atoms with Crippen molar-refractivity contribution in [2.24, 2.45) is 0 Å². The smallest absolute Gasteiger partial charge is 0.289 e. The highest BCUT2D eigenvalue weighted by molar-refractivity contribution is 6.08. The summed E-state index contributed by atoms with van der Waals surface area (Å²) in [5.41, 5.74) is 0.621. The molecule has 1 N–H and O–H groups in total. The summed E-state index contributed by atoms with van der Waals surface area (Å²) in [4.78, 5) is 14.2. The summed E-state index contributed by atoms with van der Waals surface area (Å²) in [7, 11) is 1.67. The van der Waals surface area contributed by atoms with Crippen LogP contribution >= 0.6 is 0 Å². The molecule has 0 atom stereocenters. The zero-order valence-electron chi connectivity index (χ0n) is 13.9. The molecule has 4 nitrogen and oxygen atoms in total. The van der Waals surface area contributed by atoms with Crippen LogP contribution in [0, 0.1) is 6.92 Å². The van der Waals surface area contributed by atoms with Crippen LogP contribution in [0.1, 0.15) is 30.0 Å². The molecule has 0 saturated heterocycles. The Morgan fingerprint density at radius 1 is 1.17 bits per heavy atom. The number of likely N-dealkylation sites (N-methyl/N-ethyl adjacent to an activating group) is 1. The van der Waals surface area contributed by atoms with Crippen molar-refractivity contribution in [3.63, 3.8) is 0 Å². The molecular formula is C19H21NO3. The van der Waals surface area contributed by atoms with Gasteiger partial charge in [0, 0.05) is 29.9 Å². The number of carbonyl (C=O) groups is 1. The van der Waals surface area contributed by atoms with Crippen molar-refractivity contribution >= 4 is 27.6 Å². The zero-order valence-corrected chi connectivity index (χ0v) is 13.9. The van der Waals surface area contributed by atoms with Gasteiger partial charge in [-0.15, -0.1) is 0 Å². The minimum atomic E-state index is -0.947. The number of amides is 1. The van der Waals surface area contributed by atoms with Gasteiger partial charge >= 0.3 is 0 Å². The first-order valence-corrected chi connectivity index (χ1v) is 7.66. The summed E-state index contributed by atoms with van der Waals surface area (Å²) in [6.45, 7) is 5.49. The molecule has 4 heteroatoms. The second kappa shape index (κ2) is 5.39. The largest absolute Gasteiger partial charge is 0.450 e. The average Bonchev–Trinajstić information content (AvgIpc) is 2.82. The Morgan fingerprint density at radius 2 is 1.87 bits per heavy atom. The minimum absolute atomic E-state index is 0.218. The number of furan rings is 1. The van der Waals surface area contributed by atoms with E-state index in [4.69, 9.17) is 4.42 Å². The molecule has 120 valence electrons. The standard InChI is InChI=1S/C19H21NO3/c1-12-14-10-9-13-7-5-6-8-15(13)17(14)23-16(12)18(21)20(4)11-19(2,3)22/h5-10,22H,11H2,1-4H3. The molecule has 0 aliphatic rings. The van der Waals surface area contributed by atoms with E-state index < -0.39 is 5.60 Å². The second-order valence-electron chi connectivity index (χ2n) is 6.69. The van der Waals surface area contributed by atoms with Gasteiger partial charge in [-0.1, -0.05) is 36.4 Å². The number of rotatable bonds is 3. The molecule has 3 rings (SSSR count). The van der Waals surface area contributed by atoms with Gasteiger partial charge in [-0.25, -0.2) is 0 Å². The van der Waals surface area contributed by atoms with E-state index in [1.54, 1.807) is 20.9 Å². The SMILES string of the molecule is Cc1c(C(=O)N(C)CC(C)(C)O)oc2c1ccc1ccccc12. The van der Waals surface area contributed by atoms with Gasteiger partial charge in [0.2, 0.25) is 0 Å². The van der Waals surface area contributed by atoms with E-state index in [1.807, 2.05) is 43.3 Å². The van der Waals surface area contributed by atoms with E-state index in [-0.39, 0.29) is 12.5 Å². The highest BCUT2D eigenvalue weighted by Gasteiger charge is 2.25. The number of fused-ring (bicyclic) bond motifs is 3. The third-order valence-corrected chi connectivity index (χ3v) is 3.99. The first kappa shape index (κ1) is 15.6. The molecule has 2 aromatic carbocycles. The average molecular weight is 311 g/mol. The fourth-order valence-electron chi connectivity index (χ4n) is 2.98. The molecule has 1 aromatic heterocycles. The normalized spacial score (nSPS) is 12.0. The molecule has 0 radical (unpaired) electrons. The van der Waals surface area contributed by atoms with Gasteiger partial charge < -0.3 is 14.4 Å². The monoisotopic (exact) mass is 311 g/mol. The Labute approximate surface area is 135 Å². The van der Waals surface area contributed by atoms with Gasteiger partial charge in [0.15, 0.2) is 5.76 Å². The maximum Gasteiger partial charge on any atom is 0.289 e. The Bertz CT molecular complexity index is 887. The number of aliphatic hydroxyl groups is 1. The maximum absolute atomic E-state index is 12.7. The Hall–Kier alpha value is -2.33. The quantitative estimate of drug-likeness (QED) is 0.801. The van der Waals surface area contributed by atoms with Crippen LogP contribution in [-0.2, 0) is 0 Å². The summed E-state index contributed by atoms with van der Waals surface area (Å²) >= 11 is 0. The summed E-state index contributed by atoms with van der Waals surface area (Å²) in [5, 5.41) is 12.9. The fourth-order valence-corrected chi connectivity index (χ4v) is 2.98. The lowest BCUT2D eigenvalue weighted by molar-refractivity contribution is 0.0352. The number of benzene rings is 2. The number of carbonyl (C=O) groups excluding carboxylic acids is 1. The molecule has 3 aromatic rings. The third kappa shape index (κ3) is 2.82. The predicted octanol–water partition coefficient (Wildman–Crippen LogP) is 3.74. The van der Waals surface area contributed by atoms with E-state index in [2.05, 4.69) is 0 Å². The van der Waals surface area contributed by atoms with Gasteiger partial charge in [0.1, 0.15) is 5.58 Å². The number of hydrogen-bond acceptors (Lipinski definition) is 3. The van der Waals surface area contributed by atoms with E-state index in [0.717, 1.165) is 27.3 Å². The van der Waals surface area contributed by atoms with E-state index in [9.17, 15) is 9.90 Å². The number of hydrogen-bond donors (Lipinski definition) is 1. The van der Waals surface area contributed by atoms with Crippen LogP contribution in [0.2, 0.25) is 0 Å². The molecule has 1 amide bonds. The van der Waals surface area contributed by atoms with Gasteiger partial charge in [-0.05, 0) is 26.2 Å². The molecule has 0 bridgehead atoms. The fraction of sp³-hybridized carbons (Fsp3) is 0.316. The van der Waals surface area contributed by atoms with E-state index in [0.29, 0.717) is 5.76 Å². The third-order valence-electron chi connectivity index (χ3n) is 3.99. The van der Waals surface area contributed by atoms with Gasteiger partial charge in [-0.2, -0.15) is 0 Å². The lowest BCUT2D eigenvalue weighted by Crippen LogP contribution is -2.39. The summed E-state index contributed by atoms with van der Waals surface area (Å²) in [6.07, 6.45) is 0. The Balaban J connectivity index is 2.10. The summed E-state index contributed by atoms with van der Waals surface area (Å²) in [6, 6.07) is 12.0. The van der Waals surface area contributed by atoms with E-state index >= 15 is 0 Å². The van der Waals surface area contributed by atoms with Crippen molar-refractivity contribution in [3.05, 3.63) is 47.7 Å². The molecule has 0 unspecified atom stereocenters. The van der Waals surface area contributed by atoms with Crippen molar-refractivity contribution in [2.45, 2.75) is 26.4 Å². The van der Waals surface area contributed by atoms with Gasteiger partial charge in [0.05, 0.1) is 5.60 Å². The maximum atomic E-state index is 12.7.